The highest BCUT2D eigenvalue weighted by Gasteiger charge is 2.34. The Kier molecular flexibility index (Phi) is 7.53. The Morgan fingerprint density at radius 1 is 1.06 bits per heavy atom. The first-order valence-electron chi connectivity index (χ1n) is 10.9. The summed E-state index contributed by atoms with van der Waals surface area (Å²) in [4.78, 5) is 27.3. The summed E-state index contributed by atoms with van der Waals surface area (Å²) in [7, 11) is 1.56. The fourth-order valence-corrected chi connectivity index (χ4v) is 4.75. The van der Waals surface area contributed by atoms with Gasteiger partial charge in [-0.25, -0.2) is 0 Å². The van der Waals surface area contributed by atoms with Gasteiger partial charge < -0.3 is 14.8 Å². The summed E-state index contributed by atoms with van der Waals surface area (Å²) in [5, 5.41) is 2.84. The molecule has 0 spiro atoms. The fraction of sp³-hybridized carbons (Fsp3) is 0.148. The number of ether oxygens (including phenoxy) is 2. The monoisotopic (exact) mass is 504 g/mol. The van der Waals surface area contributed by atoms with Gasteiger partial charge in [-0.1, -0.05) is 54.3 Å². The van der Waals surface area contributed by atoms with Crippen molar-refractivity contribution in [3.63, 3.8) is 0 Å². The first-order chi connectivity index (χ1) is 16.9. The SMILES string of the molecule is COc1ccccc1N1C(=O)/C(=C/c2ccc(OCC(=O)Nc3ccc(C)c(C)c3)cc2)SC1=S. The van der Waals surface area contributed by atoms with Crippen LogP contribution in [0.15, 0.2) is 71.6 Å². The van der Waals surface area contributed by atoms with Gasteiger partial charge in [-0.2, -0.15) is 0 Å². The number of aryl methyl sites for hydroxylation is 2. The number of hydrogen-bond donors (Lipinski definition) is 1. The van der Waals surface area contributed by atoms with E-state index in [1.807, 2.05) is 56.3 Å². The number of benzene rings is 3. The second-order valence-electron chi connectivity index (χ2n) is 7.89. The molecule has 178 valence electrons. The average Bonchev–Trinajstić information content (AvgIpc) is 3.13. The number of para-hydroxylation sites is 2. The molecule has 0 radical (unpaired) electrons. The van der Waals surface area contributed by atoms with Crippen LogP contribution < -0.4 is 19.7 Å². The molecule has 0 saturated carbocycles. The molecular weight excluding hydrogens is 480 g/mol. The highest BCUT2D eigenvalue weighted by atomic mass is 32.2. The predicted molar refractivity (Wildman–Crippen MR) is 145 cm³/mol. The van der Waals surface area contributed by atoms with E-state index in [1.165, 1.54) is 22.2 Å². The summed E-state index contributed by atoms with van der Waals surface area (Å²) in [6, 6.07) is 20.2. The maximum Gasteiger partial charge on any atom is 0.270 e. The lowest BCUT2D eigenvalue weighted by Crippen LogP contribution is -2.27. The third kappa shape index (κ3) is 5.72. The van der Waals surface area contributed by atoms with Gasteiger partial charge in [0.05, 0.1) is 17.7 Å². The van der Waals surface area contributed by atoms with Crippen LogP contribution in [0.5, 0.6) is 11.5 Å². The zero-order valence-corrected chi connectivity index (χ0v) is 21.2. The smallest absolute Gasteiger partial charge is 0.270 e. The van der Waals surface area contributed by atoms with Crippen molar-refractivity contribution in [1.29, 1.82) is 0 Å². The number of amides is 2. The zero-order chi connectivity index (χ0) is 24.9. The van der Waals surface area contributed by atoms with Crippen molar-refractivity contribution >= 4 is 57.6 Å². The minimum absolute atomic E-state index is 0.107. The molecule has 3 aromatic rings. The first kappa shape index (κ1) is 24.5. The van der Waals surface area contributed by atoms with Crippen LogP contribution in [0.3, 0.4) is 0 Å². The molecular formula is C27H24N2O4S2. The molecule has 0 bridgehead atoms. The van der Waals surface area contributed by atoms with Crippen molar-refractivity contribution in [1.82, 2.24) is 0 Å². The molecule has 1 saturated heterocycles. The second-order valence-corrected chi connectivity index (χ2v) is 9.57. The Balaban J connectivity index is 1.38. The minimum atomic E-state index is -0.239. The summed E-state index contributed by atoms with van der Waals surface area (Å²) in [5.74, 6) is 0.692. The fourth-order valence-electron chi connectivity index (χ4n) is 3.47. The normalized spacial score (nSPS) is 14.4. The lowest BCUT2D eigenvalue weighted by Gasteiger charge is -2.17. The van der Waals surface area contributed by atoms with Gasteiger partial charge in [0, 0.05) is 5.69 Å². The van der Waals surface area contributed by atoms with Crippen molar-refractivity contribution in [2.75, 3.05) is 23.9 Å². The Bertz CT molecular complexity index is 1320. The average molecular weight is 505 g/mol. The molecule has 2 amide bonds. The molecule has 0 aromatic heterocycles. The van der Waals surface area contributed by atoms with E-state index in [-0.39, 0.29) is 18.4 Å². The summed E-state index contributed by atoms with van der Waals surface area (Å²) in [6.45, 7) is 3.92. The minimum Gasteiger partial charge on any atom is -0.495 e. The molecule has 35 heavy (non-hydrogen) atoms. The van der Waals surface area contributed by atoms with Gasteiger partial charge in [0.25, 0.3) is 11.8 Å². The zero-order valence-electron chi connectivity index (χ0n) is 19.5. The van der Waals surface area contributed by atoms with Crippen molar-refractivity contribution < 1.29 is 19.1 Å². The number of methoxy groups -OCH3 is 1. The molecule has 1 N–H and O–H groups in total. The van der Waals surface area contributed by atoms with Crippen LogP contribution in [0.4, 0.5) is 11.4 Å². The van der Waals surface area contributed by atoms with Gasteiger partial charge in [-0.3, -0.25) is 14.5 Å². The van der Waals surface area contributed by atoms with Crippen molar-refractivity contribution in [3.8, 4) is 11.5 Å². The number of thiocarbonyl (C=S) groups is 1. The maximum absolute atomic E-state index is 13.0. The van der Waals surface area contributed by atoms with E-state index >= 15 is 0 Å². The largest absolute Gasteiger partial charge is 0.495 e. The standard InChI is InChI=1S/C27H24N2O4S2/c1-17-8-11-20(14-18(17)2)28-25(30)16-33-21-12-9-19(10-13-21)15-24-26(31)29(27(34)35-24)22-6-4-5-7-23(22)32-3/h4-15H,16H2,1-3H3,(H,28,30)/b24-15-. The van der Waals surface area contributed by atoms with Crippen molar-refractivity contribution in [3.05, 3.63) is 88.3 Å². The van der Waals surface area contributed by atoms with E-state index in [4.69, 9.17) is 21.7 Å². The Hall–Kier alpha value is -3.62. The number of carbonyl (C=O) groups excluding carboxylic acids is 2. The van der Waals surface area contributed by atoms with Crippen LogP contribution in [0, 0.1) is 13.8 Å². The second kappa shape index (κ2) is 10.8. The van der Waals surface area contributed by atoms with Crippen molar-refractivity contribution in [2.45, 2.75) is 13.8 Å². The topological polar surface area (TPSA) is 67.9 Å². The molecule has 4 rings (SSSR count). The quantitative estimate of drug-likeness (QED) is 0.327. The molecule has 3 aromatic carbocycles. The highest BCUT2D eigenvalue weighted by molar-refractivity contribution is 8.27. The first-order valence-corrected chi connectivity index (χ1v) is 12.1. The number of thioether (sulfide) groups is 1. The summed E-state index contributed by atoms with van der Waals surface area (Å²) in [5.41, 5.74) is 4.45. The van der Waals surface area contributed by atoms with Crippen LogP contribution in [0.25, 0.3) is 6.08 Å². The predicted octanol–water partition coefficient (Wildman–Crippen LogP) is 5.74. The maximum atomic E-state index is 13.0. The summed E-state index contributed by atoms with van der Waals surface area (Å²) >= 11 is 6.69. The molecule has 8 heteroatoms. The molecule has 0 unspecified atom stereocenters. The van der Waals surface area contributed by atoms with E-state index in [0.717, 1.165) is 16.8 Å². The van der Waals surface area contributed by atoms with E-state index in [2.05, 4.69) is 5.32 Å². The van der Waals surface area contributed by atoms with Crippen LogP contribution in [-0.2, 0) is 9.59 Å². The van der Waals surface area contributed by atoms with E-state index in [1.54, 1.807) is 37.5 Å². The molecule has 1 aliphatic rings. The molecule has 1 heterocycles. The third-order valence-corrected chi connectivity index (χ3v) is 6.76. The van der Waals surface area contributed by atoms with Gasteiger partial charge in [0.2, 0.25) is 0 Å². The summed E-state index contributed by atoms with van der Waals surface area (Å²) < 4.78 is 11.4. The molecule has 0 atom stereocenters. The number of rotatable bonds is 7. The number of nitrogens with zero attached hydrogens (tertiary/aromatic N) is 1. The number of nitrogens with one attached hydrogen (secondary N) is 1. The Morgan fingerprint density at radius 3 is 2.51 bits per heavy atom. The van der Waals surface area contributed by atoms with Crippen LogP contribution in [0.1, 0.15) is 16.7 Å². The molecule has 1 aliphatic heterocycles. The highest BCUT2D eigenvalue weighted by Crippen LogP contribution is 2.39. The van der Waals surface area contributed by atoms with Crippen molar-refractivity contribution in [2.24, 2.45) is 0 Å². The number of carbonyl (C=O) groups is 2. The van der Waals surface area contributed by atoms with Gasteiger partial charge >= 0.3 is 0 Å². The Morgan fingerprint density at radius 2 is 1.80 bits per heavy atom. The lowest BCUT2D eigenvalue weighted by molar-refractivity contribution is -0.118. The van der Waals surface area contributed by atoms with Gasteiger partial charge in [0.1, 0.15) is 11.5 Å². The van der Waals surface area contributed by atoms with E-state index < -0.39 is 0 Å². The molecule has 1 fully saturated rings. The van der Waals surface area contributed by atoms with E-state index in [0.29, 0.717) is 26.4 Å². The number of anilines is 2. The Labute approximate surface area is 213 Å². The van der Waals surface area contributed by atoms with Crippen LogP contribution in [-0.4, -0.2) is 29.9 Å². The lowest BCUT2D eigenvalue weighted by atomic mass is 10.1. The van der Waals surface area contributed by atoms with Crippen LogP contribution >= 0.6 is 24.0 Å². The summed E-state index contributed by atoms with van der Waals surface area (Å²) in [6.07, 6.45) is 1.78. The van der Waals surface area contributed by atoms with Gasteiger partial charge in [-0.05, 0) is 73.0 Å². The molecule has 6 nitrogen and oxygen atoms in total. The number of hydrogen-bond acceptors (Lipinski definition) is 6. The van der Waals surface area contributed by atoms with Crippen LogP contribution in [0.2, 0.25) is 0 Å². The third-order valence-electron chi connectivity index (χ3n) is 5.46. The molecule has 0 aliphatic carbocycles. The van der Waals surface area contributed by atoms with Gasteiger partial charge in [0.15, 0.2) is 10.9 Å². The van der Waals surface area contributed by atoms with E-state index in [9.17, 15) is 9.59 Å². The van der Waals surface area contributed by atoms with Gasteiger partial charge in [-0.15, -0.1) is 0 Å².